The average molecular weight is 393 g/mol. The maximum atomic E-state index is 4.28. The fraction of sp³-hybridized carbons (Fsp3) is 0.0714. The fourth-order valence-corrected chi connectivity index (χ4v) is 1.31. The number of pyridine rings is 1. The number of hydrogen-bond donors (Lipinski definition) is 0. The third kappa shape index (κ3) is 3.90. The molecule has 0 saturated heterocycles. The third-order valence-corrected chi connectivity index (χ3v) is 1.99. The average Bonchev–Trinajstić information content (AvgIpc) is 2.20. The molecule has 0 unspecified atom stereocenters. The van der Waals surface area contributed by atoms with Crippen LogP contribution in [0.25, 0.3) is 11.3 Å². The molecule has 2 aromatic rings. The maximum absolute atomic E-state index is 4.28. The van der Waals surface area contributed by atoms with Crippen LogP contribution in [-0.2, 0) is 21.1 Å². The van der Waals surface area contributed by atoms with E-state index in [4.69, 9.17) is 0 Å². The molecular formula is C14H16NPt-3. The van der Waals surface area contributed by atoms with E-state index in [0.717, 1.165) is 11.3 Å². The van der Waals surface area contributed by atoms with Crippen molar-refractivity contribution in [1.29, 1.82) is 0 Å². The molecule has 16 heavy (non-hydrogen) atoms. The van der Waals surface area contributed by atoms with Crippen molar-refractivity contribution in [3.63, 3.8) is 0 Å². The molecule has 2 heteroatoms. The van der Waals surface area contributed by atoms with Crippen molar-refractivity contribution in [2.75, 3.05) is 0 Å². The number of nitrogens with zero attached hydrogens (tertiary/aromatic N) is 1. The van der Waals surface area contributed by atoms with Gasteiger partial charge in [0.15, 0.2) is 0 Å². The van der Waals surface area contributed by atoms with Crippen LogP contribution in [-0.4, -0.2) is 4.98 Å². The van der Waals surface area contributed by atoms with Crippen LogP contribution in [0.3, 0.4) is 0 Å². The molecule has 0 aliphatic rings. The standard InChI is InChI=1S/C12H10N.2CH3.Pt/c1-10-6-2-3-7-11(10)12-8-4-5-9-13-12;;;/h2-6,8-9H,1H3;2*1H3;/q3*-1;. The summed E-state index contributed by atoms with van der Waals surface area (Å²) in [5, 5.41) is 0. The van der Waals surface area contributed by atoms with E-state index in [2.05, 4.69) is 24.0 Å². The minimum atomic E-state index is 0. The topological polar surface area (TPSA) is 12.9 Å². The van der Waals surface area contributed by atoms with Gasteiger partial charge in [-0.15, -0.1) is 35.4 Å². The first kappa shape index (κ1) is 17.5. The van der Waals surface area contributed by atoms with Gasteiger partial charge in [-0.3, -0.25) is 0 Å². The summed E-state index contributed by atoms with van der Waals surface area (Å²) in [7, 11) is 0. The van der Waals surface area contributed by atoms with E-state index < -0.39 is 0 Å². The number of aromatic nitrogens is 1. The molecule has 2 rings (SSSR count). The van der Waals surface area contributed by atoms with Crippen LogP contribution in [0.5, 0.6) is 0 Å². The van der Waals surface area contributed by atoms with Crippen molar-refractivity contribution >= 4 is 0 Å². The van der Waals surface area contributed by atoms with Gasteiger partial charge in [0.25, 0.3) is 0 Å². The van der Waals surface area contributed by atoms with E-state index in [-0.39, 0.29) is 35.9 Å². The Balaban J connectivity index is 0. The van der Waals surface area contributed by atoms with E-state index in [1.165, 1.54) is 5.56 Å². The minimum absolute atomic E-state index is 0. The zero-order valence-electron chi connectivity index (χ0n) is 9.80. The molecule has 0 fully saturated rings. The van der Waals surface area contributed by atoms with Crippen LogP contribution >= 0.6 is 0 Å². The molecule has 90 valence electrons. The van der Waals surface area contributed by atoms with E-state index in [1.807, 2.05) is 30.3 Å². The Morgan fingerprint density at radius 3 is 2.38 bits per heavy atom. The second kappa shape index (κ2) is 8.24. The normalized spacial score (nSPS) is 8.06. The van der Waals surface area contributed by atoms with Crippen molar-refractivity contribution in [2.24, 2.45) is 0 Å². The Hall–Kier alpha value is -0.942. The van der Waals surface area contributed by atoms with Gasteiger partial charge in [-0.2, -0.15) is 0 Å². The van der Waals surface area contributed by atoms with E-state index in [0.29, 0.717) is 0 Å². The molecule has 0 spiro atoms. The quantitative estimate of drug-likeness (QED) is 0.673. The largest absolute Gasteiger partial charge is 0.358 e. The van der Waals surface area contributed by atoms with Gasteiger partial charge in [-0.25, -0.2) is 0 Å². The van der Waals surface area contributed by atoms with Crippen molar-refractivity contribution < 1.29 is 21.1 Å². The monoisotopic (exact) mass is 393 g/mol. The summed E-state index contributed by atoms with van der Waals surface area (Å²) in [5.74, 6) is 0. The van der Waals surface area contributed by atoms with Gasteiger partial charge in [0.05, 0.1) is 0 Å². The summed E-state index contributed by atoms with van der Waals surface area (Å²) in [5.41, 5.74) is 3.28. The number of benzene rings is 1. The molecule has 0 radical (unpaired) electrons. The summed E-state index contributed by atoms with van der Waals surface area (Å²) in [6, 6.07) is 15.1. The van der Waals surface area contributed by atoms with E-state index >= 15 is 0 Å². The third-order valence-electron chi connectivity index (χ3n) is 1.99. The first-order valence-electron chi connectivity index (χ1n) is 4.26. The molecule has 0 saturated carbocycles. The summed E-state index contributed by atoms with van der Waals surface area (Å²) in [6.07, 6.45) is 1.80. The van der Waals surface area contributed by atoms with Crippen LogP contribution < -0.4 is 0 Å². The molecule has 0 bridgehead atoms. The van der Waals surface area contributed by atoms with Gasteiger partial charge in [-0.05, 0) is 11.8 Å². The summed E-state index contributed by atoms with van der Waals surface area (Å²) >= 11 is 0. The second-order valence-electron chi connectivity index (χ2n) is 2.94. The van der Waals surface area contributed by atoms with Gasteiger partial charge < -0.3 is 19.8 Å². The van der Waals surface area contributed by atoms with Crippen LogP contribution in [0.15, 0.2) is 42.6 Å². The SMILES string of the molecule is Cc1ccc[c-]c1-c1ccccn1.[CH3-].[CH3-].[Pt]. The van der Waals surface area contributed by atoms with Gasteiger partial charge in [0.1, 0.15) is 0 Å². The Morgan fingerprint density at radius 1 is 1.06 bits per heavy atom. The van der Waals surface area contributed by atoms with E-state index in [1.54, 1.807) is 6.20 Å². The predicted molar refractivity (Wildman–Crippen MR) is 66.1 cm³/mol. The van der Waals surface area contributed by atoms with Crippen LogP contribution in [0.1, 0.15) is 5.56 Å². The van der Waals surface area contributed by atoms with Crippen molar-refractivity contribution in [2.45, 2.75) is 6.92 Å². The van der Waals surface area contributed by atoms with Crippen LogP contribution in [0.4, 0.5) is 0 Å². The molecule has 1 heterocycles. The Labute approximate surface area is 113 Å². The molecule has 0 aliphatic carbocycles. The summed E-state index contributed by atoms with van der Waals surface area (Å²) < 4.78 is 0. The molecule has 1 nitrogen and oxygen atoms in total. The molecule has 0 aliphatic heterocycles. The molecule has 1 aromatic heterocycles. The second-order valence-corrected chi connectivity index (χ2v) is 2.94. The Kier molecular flexibility index (Phi) is 8.99. The minimum Gasteiger partial charge on any atom is -0.358 e. The fourth-order valence-electron chi connectivity index (χ4n) is 1.31. The summed E-state index contributed by atoms with van der Waals surface area (Å²) in [4.78, 5) is 4.28. The first-order chi connectivity index (χ1) is 6.38. The summed E-state index contributed by atoms with van der Waals surface area (Å²) in [6.45, 7) is 2.07. The van der Waals surface area contributed by atoms with Crippen molar-refractivity contribution in [1.82, 2.24) is 4.98 Å². The Bertz CT molecular complexity index is 398. The molecule has 0 N–H and O–H groups in total. The zero-order valence-corrected chi connectivity index (χ0v) is 12.1. The zero-order chi connectivity index (χ0) is 9.10. The van der Waals surface area contributed by atoms with E-state index in [9.17, 15) is 0 Å². The maximum Gasteiger partial charge on any atom is 0.0160 e. The van der Waals surface area contributed by atoms with Gasteiger partial charge >= 0.3 is 0 Å². The van der Waals surface area contributed by atoms with Crippen LogP contribution in [0, 0.1) is 27.8 Å². The molecule has 0 amide bonds. The number of aryl methyl sites for hydroxylation is 1. The van der Waals surface area contributed by atoms with Gasteiger partial charge in [0, 0.05) is 27.3 Å². The van der Waals surface area contributed by atoms with Gasteiger partial charge in [-0.1, -0.05) is 19.1 Å². The van der Waals surface area contributed by atoms with Crippen LogP contribution in [0.2, 0.25) is 0 Å². The van der Waals surface area contributed by atoms with Gasteiger partial charge in [0.2, 0.25) is 0 Å². The van der Waals surface area contributed by atoms with Crippen molar-refractivity contribution in [3.8, 4) is 11.3 Å². The first-order valence-corrected chi connectivity index (χ1v) is 4.26. The smallest absolute Gasteiger partial charge is 0.0160 e. The molecule has 0 atom stereocenters. The number of rotatable bonds is 1. The Morgan fingerprint density at radius 2 is 1.81 bits per heavy atom. The number of hydrogen-bond acceptors (Lipinski definition) is 1. The molecular weight excluding hydrogens is 377 g/mol. The molecule has 1 aromatic carbocycles. The predicted octanol–water partition coefficient (Wildman–Crippen LogP) is 3.76. The van der Waals surface area contributed by atoms with Crippen molar-refractivity contribution in [3.05, 3.63) is 69.1 Å².